The van der Waals surface area contributed by atoms with Gasteiger partial charge in [0.2, 0.25) is 0 Å². The lowest BCUT2D eigenvalue weighted by atomic mass is 10.2. The van der Waals surface area contributed by atoms with Gasteiger partial charge in [-0.1, -0.05) is 79.4 Å². The summed E-state index contributed by atoms with van der Waals surface area (Å²) >= 11 is 1.15. The normalized spacial score (nSPS) is 12.1. The van der Waals surface area contributed by atoms with Crippen molar-refractivity contribution >= 4 is 28.8 Å². The molecule has 0 fully saturated rings. The highest BCUT2D eigenvalue weighted by Gasteiger charge is 2.06. The van der Waals surface area contributed by atoms with Gasteiger partial charge in [0.25, 0.3) is 5.91 Å². The largest absolute Gasteiger partial charge is 0.456 e. The molecular weight excluding hydrogens is 422 g/mol. The Morgan fingerprint density at radius 2 is 1.34 bits per heavy atom. The van der Waals surface area contributed by atoms with Gasteiger partial charge < -0.3 is 10.1 Å². The number of amides is 1. The van der Waals surface area contributed by atoms with Crippen molar-refractivity contribution in [2.45, 2.75) is 65.2 Å². The number of carbonyl (C=O) groups excluding carboxylic acids is 3. The standard InChI is InChI=1S/C26H39NO4S/c1-3-4-5-6-7-8-9-10-11-12-13-14-15-16-17-18-19-20-26(30)31-23-25(29)27-21-22-32-24(2)28/h4-5,7-8,10-11,13-14,16-17H,3,6,9,12,15,18-23H2,1-2H3,(H,27,29)/b5-4-,8-7-,11-10-,14-13-,17-16+. The number of hydrogen-bond acceptors (Lipinski definition) is 5. The van der Waals surface area contributed by atoms with E-state index < -0.39 is 0 Å². The Bertz CT molecular complexity index is 663. The molecule has 0 rings (SSSR count). The molecule has 5 nitrogen and oxygen atoms in total. The van der Waals surface area contributed by atoms with Gasteiger partial charge in [-0.2, -0.15) is 0 Å². The second-order valence-electron chi connectivity index (χ2n) is 6.95. The Labute approximate surface area is 198 Å². The van der Waals surface area contributed by atoms with Crippen LogP contribution in [0.3, 0.4) is 0 Å². The number of thioether (sulfide) groups is 1. The van der Waals surface area contributed by atoms with Crippen LogP contribution >= 0.6 is 11.8 Å². The molecule has 0 saturated heterocycles. The SMILES string of the molecule is CC/C=C\C/C=C\C/C=C\C/C=C\C/C=C/CCCC(=O)OCC(=O)NCCSC(C)=O. The summed E-state index contributed by atoms with van der Waals surface area (Å²) in [5.41, 5.74) is 0. The van der Waals surface area contributed by atoms with Crippen molar-refractivity contribution < 1.29 is 19.1 Å². The summed E-state index contributed by atoms with van der Waals surface area (Å²) in [5, 5.41) is 2.62. The van der Waals surface area contributed by atoms with Crippen LogP contribution < -0.4 is 5.32 Å². The highest BCUT2D eigenvalue weighted by molar-refractivity contribution is 8.13. The molecule has 178 valence electrons. The van der Waals surface area contributed by atoms with E-state index in [1.165, 1.54) is 6.92 Å². The molecule has 32 heavy (non-hydrogen) atoms. The maximum Gasteiger partial charge on any atom is 0.306 e. The van der Waals surface area contributed by atoms with Crippen molar-refractivity contribution in [3.8, 4) is 0 Å². The van der Waals surface area contributed by atoms with E-state index in [2.05, 4.69) is 73.0 Å². The zero-order valence-electron chi connectivity index (χ0n) is 19.6. The van der Waals surface area contributed by atoms with E-state index in [4.69, 9.17) is 4.74 Å². The van der Waals surface area contributed by atoms with E-state index in [9.17, 15) is 14.4 Å². The molecule has 0 aliphatic rings. The molecule has 0 unspecified atom stereocenters. The van der Waals surface area contributed by atoms with Crippen LogP contribution in [0, 0.1) is 0 Å². The number of esters is 1. The first-order valence-corrected chi connectivity index (χ1v) is 12.4. The smallest absolute Gasteiger partial charge is 0.306 e. The molecule has 0 saturated carbocycles. The monoisotopic (exact) mass is 461 g/mol. The zero-order valence-corrected chi connectivity index (χ0v) is 20.4. The fourth-order valence-electron chi connectivity index (χ4n) is 2.39. The van der Waals surface area contributed by atoms with Gasteiger partial charge >= 0.3 is 5.97 Å². The Kier molecular flexibility index (Phi) is 21.6. The average molecular weight is 462 g/mol. The van der Waals surface area contributed by atoms with Crippen LogP contribution in [-0.2, 0) is 19.1 Å². The van der Waals surface area contributed by atoms with Crippen LogP contribution in [0.2, 0.25) is 0 Å². The first-order chi connectivity index (χ1) is 15.6. The second kappa shape index (κ2) is 23.3. The average Bonchev–Trinajstić information content (AvgIpc) is 2.77. The van der Waals surface area contributed by atoms with Crippen molar-refractivity contribution in [2.24, 2.45) is 0 Å². The minimum absolute atomic E-state index is 0.0122. The van der Waals surface area contributed by atoms with Crippen molar-refractivity contribution in [2.75, 3.05) is 18.9 Å². The summed E-state index contributed by atoms with van der Waals surface area (Å²) in [5.74, 6) is -0.201. The van der Waals surface area contributed by atoms with Gasteiger partial charge in [-0.3, -0.25) is 14.4 Å². The van der Waals surface area contributed by atoms with Crippen LogP contribution in [0.5, 0.6) is 0 Å². The van der Waals surface area contributed by atoms with Gasteiger partial charge in [0.1, 0.15) is 0 Å². The molecule has 1 amide bonds. The van der Waals surface area contributed by atoms with E-state index in [0.29, 0.717) is 25.1 Å². The van der Waals surface area contributed by atoms with E-state index >= 15 is 0 Å². The van der Waals surface area contributed by atoms with Crippen LogP contribution in [0.4, 0.5) is 0 Å². The Morgan fingerprint density at radius 3 is 1.88 bits per heavy atom. The first-order valence-electron chi connectivity index (χ1n) is 11.4. The van der Waals surface area contributed by atoms with Crippen LogP contribution in [0.1, 0.15) is 65.2 Å². The van der Waals surface area contributed by atoms with Crippen LogP contribution in [0.25, 0.3) is 0 Å². The van der Waals surface area contributed by atoms with E-state index in [1.54, 1.807) is 0 Å². The number of unbranched alkanes of at least 4 members (excludes halogenated alkanes) is 1. The molecule has 6 heteroatoms. The predicted molar refractivity (Wildman–Crippen MR) is 135 cm³/mol. The number of allylic oxidation sites excluding steroid dienone is 10. The maximum absolute atomic E-state index is 11.6. The number of carbonyl (C=O) groups is 3. The minimum Gasteiger partial charge on any atom is -0.456 e. The first kappa shape index (κ1) is 29.7. The minimum atomic E-state index is -0.370. The highest BCUT2D eigenvalue weighted by Crippen LogP contribution is 2.01. The Balaban J connectivity index is 3.59. The fraction of sp³-hybridized carbons (Fsp3) is 0.500. The molecule has 0 spiro atoms. The van der Waals surface area contributed by atoms with Gasteiger partial charge in [-0.15, -0.1) is 0 Å². The number of nitrogens with one attached hydrogen (secondary N) is 1. The van der Waals surface area contributed by atoms with E-state index in [-0.39, 0.29) is 23.6 Å². The lowest BCUT2D eigenvalue weighted by Gasteiger charge is -2.05. The molecule has 1 N–H and O–H groups in total. The summed E-state index contributed by atoms with van der Waals surface area (Å²) in [6.45, 7) is 3.73. The topological polar surface area (TPSA) is 72.5 Å². The third-order valence-electron chi connectivity index (χ3n) is 4.00. The molecule has 0 atom stereocenters. The predicted octanol–water partition coefficient (Wildman–Crippen LogP) is 5.85. The van der Waals surface area contributed by atoms with Gasteiger partial charge in [0, 0.05) is 25.6 Å². The van der Waals surface area contributed by atoms with Crippen LogP contribution in [0.15, 0.2) is 60.8 Å². The van der Waals surface area contributed by atoms with Crippen molar-refractivity contribution in [1.82, 2.24) is 5.32 Å². The van der Waals surface area contributed by atoms with Crippen molar-refractivity contribution in [3.05, 3.63) is 60.8 Å². The number of ether oxygens (including phenoxy) is 1. The number of hydrogen-bond donors (Lipinski definition) is 1. The molecule has 0 aliphatic heterocycles. The molecule has 0 bridgehead atoms. The fourth-order valence-corrected chi connectivity index (χ4v) is 2.88. The van der Waals surface area contributed by atoms with Gasteiger partial charge in [0.15, 0.2) is 11.7 Å². The third-order valence-corrected chi connectivity index (χ3v) is 4.82. The van der Waals surface area contributed by atoms with Crippen molar-refractivity contribution in [3.63, 3.8) is 0 Å². The van der Waals surface area contributed by atoms with Crippen LogP contribution in [-0.4, -0.2) is 35.9 Å². The molecule has 0 aliphatic carbocycles. The zero-order chi connectivity index (χ0) is 23.7. The molecule has 0 aromatic heterocycles. The Hall–Kier alpha value is -2.34. The molecule has 0 radical (unpaired) electrons. The molecule has 0 heterocycles. The van der Waals surface area contributed by atoms with Gasteiger partial charge in [-0.25, -0.2) is 0 Å². The summed E-state index contributed by atoms with van der Waals surface area (Å²) < 4.78 is 4.94. The summed E-state index contributed by atoms with van der Waals surface area (Å²) in [4.78, 5) is 33.9. The molecule has 0 aromatic carbocycles. The summed E-state index contributed by atoms with van der Waals surface area (Å²) in [6.07, 6.45) is 28.2. The highest BCUT2D eigenvalue weighted by atomic mass is 32.2. The molecule has 0 aromatic rings. The summed E-state index contributed by atoms with van der Waals surface area (Å²) in [7, 11) is 0. The second-order valence-corrected chi connectivity index (χ2v) is 8.22. The maximum atomic E-state index is 11.6. The van der Waals surface area contributed by atoms with E-state index in [0.717, 1.165) is 50.3 Å². The summed E-state index contributed by atoms with van der Waals surface area (Å²) in [6, 6.07) is 0. The number of rotatable bonds is 18. The van der Waals surface area contributed by atoms with Crippen molar-refractivity contribution in [1.29, 1.82) is 0 Å². The van der Waals surface area contributed by atoms with E-state index in [1.807, 2.05) is 0 Å². The lowest BCUT2D eigenvalue weighted by Crippen LogP contribution is -2.30. The van der Waals surface area contributed by atoms with Gasteiger partial charge in [0.05, 0.1) is 0 Å². The quantitative estimate of drug-likeness (QED) is 0.158. The Morgan fingerprint density at radius 1 is 0.812 bits per heavy atom. The lowest BCUT2D eigenvalue weighted by molar-refractivity contribution is -0.148. The molecular formula is C26H39NO4S. The van der Waals surface area contributed by atoms with Gasteiger partial charge in [-0.05, 0) is 44.9 Å². The third kappa shape index (κ3) is 23.9.